The van der Waals surface area contributed by atoms with Crippen LogP contribution in [0, 0.1) is 0 Å². The minimum absolute atomic E-state index is 0.0299. The van der Waals surface area contributed by atoms with Gasteiger partial charge >= 0.3 is 0 Å². The Morgan fingerprint density at radius 3 is 2.58 bits per heavy atom. The van der Waals surface area contributed by atoms with Gasteiger partial charge in [0.05, 0.1) is 32.2 Å². The average Bonchev–Trinajstić information content (AvgIpc) is 3.16. The quantitative estimate of drug-likeness (QED) is 0.700. The third kappa shape index (κ3) is 3.81. The molecule has 0 saturated carbocycles. The number of quaternary nitrogens is 2. The minimum Gasteiger partial charge on any atom is -0.454 e. The zero-order valence-corrected chi connectivity index (χ0v) is 15.7. The van der Waals surface area contributed by atoms with Crippen LogP contribution in [0.1, 0.15) is 39.0 Å². The lowest BCUT2D eigenvalue weighted by atomic mass is 9.99. The predicted octanol–water partition coefficient (Wildman–Crippen LogP) is -0.142. The van der Waals surface area contributed by atoms with Crippen molar-refractivity contribution in [1.29, 1.82) is 0 Å². The molecule has 2 saturated heterocycles. The van der Waals surface area contributed by atoms with Crippen LogP contribution in [0.5, 0.6) is 11.5 Å². The lowest BCUT2D eigenvalue weighted by Gasteiger charge is -2.37. The van der Waals surface area contributed by atoms with Crippen molar-refractivity contribution < 1.29 is 24.1 Å². The number of nitrogens with one attached hydrogen (secondary N) is 3. The van der Waals surface area contributed by atoms with Crippen LogP contribution in [-0.2, 0) is 4.79 Å². The summed E-state index contributed by atoms with van der Waals surface area (Å²) in [5.41, 5.74) is 0.776. The standard InChI is InChI=1S/C20H29N3O3/c1-15(20(24)21-16-5-6-18-19(13-16)26-14-25-18)22-11-7-17(8-12-22)23-9-3-2-4-10-23/h5-6,13,15,17H,2-4,7-12,14H2,1H3,(H,21,24)/p+2/t15-/m1/s1. The van der Waals surface area contributed by atoms with Gasteiger partial charge in [0, 0.05) is 24.6 Å². The van der Waals surface area contributed by atoms with Crippen LogP contribution < -0.4 is 24.6 Å². The molecule has 0 unspecified atom stereocenters. The fourth-order valence-electron chi connectivity index (χ4n) is 4.65. The summed E-state index contributed by atoms with van der Waals surface area (Å²) in [6.07, 6.45) is 6.66. The van der Waals surface area contributed by atoms with Crippen LogP contribution in [-0.4, -0.2) is 51.0 Å². The van der Waals surface area contributed by atoms with E-state index in [1.807, 2.05) is 30.0 Å². The zero-order chi connectivity index (χ0) is 17.9. The molecule has 26 heavy (non-hydrogen) atoms. The van der Waals surface area contributed by atoms with Gasteiger partial charge in [-0.1, -0.05) is 0 Å². The molecule has 6 nitrogen and oxygen atoms in total. The van der Waals surface area contributed by atoms with Gasteiger partial charge < -0.3 is 24.6 Å². The van der Waals surface area contributed by atoms with Crippen molar-refractivity contribution in [3.05, 3.63) is 18.2 Å². The Hall–Kier alpha value is -1.79. The summed E-state index contributed by atoms with van der Waals surface area (Å²) in [4.78, 5) is 15.9. The van der Waals surface area contributed by atoms with E-state index in [-0.39, 0.29) is 18.7 Å². The molecule has 0 bridgehead atoms. The van der Waals surface area contributed by atoms with Crippen molar-refractivity contribution in [2.45, 2.75) is 51.1 Å². The highest BCUT2D eigenvalue weighted by Crippen LogP contribution is 2.34. The molecular formula is C20H31N3O3+2. The topological polar surface area (TPSA) is 56.4 Å². The molecule has 3 aliphatic rings. The minimum atomic E-state index is -0.0299. The van der Waals surface area contributed by atoms with E-state index < -0.39 is 0 Å². The number of benzene rings is 1. The maximum absolute atomic E-state index is 12.7. The third-order valence-electron chi connectivity index (χ3n) is 6.35. The highest BCUT2D eigenvalue weighted by Gasteiger charge is 2.34. The fourth-order valence-corrected chi connectivity index (χ4v) is 4.65. The van der Waals surface area contributed by atoms with Gasteiger partial charge in [0.2, 0.25) is 6.79 Å². The first-order valence-corrected chi connectivity index (χ1v) is 10.1. The fraction of sp³-hybridized carbons (Fsp3) is 0.650. The van der Waals surface area contributed by atoms with Crippen molar-refractivity contribution in [2.24, 2.45) is 0 Å². The van der Waals surface area contributed by atoms with Crippen molar-refractivity contribution in [3.8, 4) is 11.5 Å². The number of hydrogen-bond donors (Lipinski definition) is 3. The van der Waals surface area contributed by atoms with Crippen molar-refractivity contribution >= 4 is 11.6 Å². The first kappa shape index (κ1) is 17.6. The Balaban J connectivity index is 1.29. The number of hydrogen-bond acceptors (Lipinski definition) is 3. The van der Waals surface area contributed by atoms with E-state index in [0.29, 0.717) is 5.75 Å². The van der Waals surface area contributed by atoms with Crippen molar-refractivity contribution in [2.75, 3.05) is 38.3 Å². The van der Waals surface area contributed by atoms with Crippen LogP contribution in [0.15, 0.2) is 18.2 Å². The highest BCUT2D eigenvalue weighted by atomic mass is 16.7. The summed E-state index contributed by atoms with van der Waals surface area (Å²) < 4.78 is 10.7. The average molecular weight is 361 g/mol. The van der Waals surface area contributed by atoms with E-state index in [4.69, 9.17) is 9.47 Å². The Labute approximate surface area is 155 Å². The number of amides is 1. The van der Waals surface area contributed by atoms with E-state index in [1.54, 1.807) is 0 Å². The Morgan fingerprint density at radius 2 is 1.81 bits per heavy atom. The summed E-state index contributed by atoms with van der Waals surface area (Å²) in [5, 5.41) is 3.04. The molecule has 1 atom stereocenters. The number of fused-ring (bicyclic) bond motifs is 1. The van der Waals surface area contributed by atoms with Crippen LogP contribution >= 0.6 is 0 Å². The molecule has 0 aromatic heterocycles. The monoisotopic (exact) mass is 361 g/mol. The third-order valence-corrected chi connectivity index (χ3v) is 6.35. The van der Waals surface area contributed by atoms with Gasteiger partial charge in [-0.05, 0) is 38.3 Å². The molecule has 3 N–H and O–H groups in total. The number of piperidine rings is 2. The Bertz CT molecular complexity index is 637. The van der Waals surface area contributed by atoms with Crippen LogP contribution in [0.25, 0.3) is 0 Å². The summed E-state index contributed by atoms with van der Waals surface area (Å²) in [5.74, 6) is 1.53. The molecule has 142 valence electrons. The number of carbonyl (C=O) groups excluding carboxylic acids is 1. The van der Waals surface area contributed by atoms with Crippen molar-refractivity contribution in [1.82, 2.24) is 0 Å². The first-order chi connectivity index (χ1) is 12.7. The van der Waals surface area contributed by atoms with E-state index in [0.717, 1.165) is 30.6 Å². The second-order valence-corrected chi connectivity index (χ2v) is 7.93. The molecule has 3 aliphatic heterocycles. The molecule has 0 spiro atoms. The smallest absolute Gasteiger partial charge is 0.282 e. The molecular weight excluding hydrogens is 330 g/mol. The van der Waals surface area contributed by atoms with Gasteiger partial charge in [-0.2, -0.15) is 0 Å². The Kier molecular flexibility index (Phi) is 5.31. The summed E-state index contributed by atoms with van der Waals surface area (Å²) in [6.45, 7) is 7.20. The normalized spacial score (nSPS) is 27.1. The lowest BCUT2D eigenvalue weighted by Crippen LogP contribution is -3.22. The SMILES string of the molecule is C[C@H](C(=O)Nc1ccc2c(c1)OCO2)[NH+]1CCC([NH+]2CCCCC2)CC1. The van der Waals surface area contributed by atoms with E-state index in [9.17, 15) is 4.79 Å². The molecule has 3 heterocycles. The summed E-state index contributed by atoms with van der Waals surface area (Å²) in [7, 11) is 0. The largest absolute Gasteiger partial charge is 0.454 e. The molecule has 1 aromatic rings. The zero-order valence-electron chi connectivity index (χ0n) is 15.7. The number of rotatable bonds is 4. The number of anilines is 1. The van der Waals surface area contributed by atoms with Crippen LogP contribution in [0.2, 0.25) is 0 Å². The number of carbonyl (C=O) groups is 1. The summed E-state index contributed by atoms with van der Waals surface area (Å²) >= 11 is 0. The molecule has 0 aliphatic carbocycles. The van der Waals surface area contributed by atoms with E-state index in [2.05, 4.69) is 5.32 Å². The second kappa shape index (κ2) is 7.84. The van der Waals surface area contributed by atoms with Gasteiger partial charge in [0.25, 0.3) is 5.91 Å². The first-order valence-electron chi connectivity index (χ1n) is 10.1. The maximum atomic E-state index is 12.7. The molecule has 4 rings (SSSR count). The molecule has 1 amide bonds. The van der Waals surface area contributed by atoms with Crippen molar-refractivity contribution in [3.63, 3.8) is 0 Å². The van der Waals surface area contributed by atoms with Gasteiger partial charge in [-0.3, -0.25) is 4.79 Å². The van der Waals surface area contributed by atoms with Crippen LogP contribution in [0.4, 0.5) is 5.69 Å². The van der Waals surface area contributed by atoms with E-state index >= 15 is 0 Å². The summed E-state index contributed by atoms with van der Waals surface area (Å²) in [6, 6.07) is 6.34. The molecule has 6 heteroatoms. The lowest BCUT2D eigenvalue weighted by molar-refractivity contribution is -0.965. The number of ether oxygens (including phenoxy) is 2. The molecule has 2 fully saturated rings. The molecule has 1 aromatic carbocycles. The molecule has 0 radical (unpaired) electrons. The highest BCUT2D eigenvalue weighted by molar-refractivity contribution is 5.93. The predicted molar refractivity (Wildman–Crippen MR) is 98.9 cm³/mol. The van der Waals surface area contributed by atoms with Crippen LogP contribution in [0.3, 0.4) is 0 Å². The Morgan fingerprint density at radius 1 is 1.08 bits per heavy atom. The second-order valence-electron chi connectivity index (χ2n) is 7.93. The maximum Gasteiger partial charge on any atom is 0.282 e. The van der Waals surface area contributed by atoms with Gasteiger partial charge in [-0.25, -0.2) is 0 Å². The van der Waals surface area contributed by atoms with Gasteiger partial charge in [-0.15, -0.1) is 0 Å². The van der Waals surface area contributed by atoms with Gasteiger partial charge in [0.1, 0.15) is 0 Å². The van der Waals surface area contributed by atoms with Gasteiger partial charge in [0.15, 0.2) is 17.5 Å². The van der Waals surface area contributed by atoms with E-state index in [1.165, 1.54) is 50.1 Å². The number of likely N-dealkylation sites (tertiary alicyclic amines) is 2.